The summed E-state index contributed by atoms with van der Waals surface area (Å²) in [6.45, 7) is 4.33. The van der Waals surface area contributed by atoms with Gasteiger partial charge in [0.25, 0.3) is 0 Å². The van der Waals surface area contributed by atoms with Crippen LogP contribution in [0.3, 0.4) is 0 Å². The van der Waals surface area contributed by atoms with Crippen molar-refractivity contribution < 1.29 is 14.3 Å². The largest absolute Gasteiger partial charge is 0.495 e. The van der Waals surface area contributed by atoms with Gasteiger partial charge >= 0.3 is 6.03 Å². The number of ether oxygens (including phenoxy) is 2. The number of methoxy groups -OCH3 is 1. The van der Waals surface area contributed by atoms with Crippen molar-refractivity contribution in [3.05, 3.63) is 53.6 Å². The highest BCUT2D eigenvalue weighted by Gasteiger charge is 2.21. The van der Waals surface area contributed by atoms with E-state index in [0.717, 1.165) is 19.6 Å². The highest BCUT2D eigenvalue weighted by atomic mass is 35.5. The van der Waals surface area contributed by atoms with E-state index in [-0.39, 0.29) is 6.03 Å². The quantitative estimate of drug-likeness (QED) is 0.820. The SMILES string of the molecule is COc1ccccc1NC(=O)N1CCN(CCOc2ccccc2Cl)CC1. The number of amides is 2. The zero-order chi connectivity index (χ0) is 19.1. The molecule has 1 heterocycles. The zero-order valence-corrected chi connectivity index (χ0v) is 16.1. The van der Waals surface area contributed by atoms with Gasteiger partial charge in [-0.05, 0) is 24.3 Å². The molecule has 2 aromatic carbocycles. The van der Waals surface area contributed by atoms with Crippen LogP contribution in [-0.4, -0.2) is 62.3 Å². The molecule has 1 fully saturated rings. The summed E-state index contributed by atoms with van der Waals surface area (Å²) in [5.74, 6) is 1.36. The summed E-state index contributed by atoms with van der Waals surface area (Å²) in [5.41, 5.74) is 0.681. The normalized spacial score (nSPS) is 14.7. The van der Waals surface area contributed by atoms with Crippen molar-refractivity contribution in [1.29, 1.82) is 0 Å². The summed E-state index contributed by atoms with van der Waals surface area (Å²) >= 11 is 6.09. The summed E-state index contributed by atoms with van der Waals surface area (Å²) in [6.07, 6.45) is 0. The number of urea groups is 1. The molecule has 2 aromatic rings. The second-order valence-electron chi connectivity index (χ2n) is 6.24. The van der Waals surface area contributed by atoms with E-state index in [4.69, 9.17) is 21.1 Å². The van der Waals surface area contributed by atoms with Gasteiger partial charge in [0, 0.05) is 32.7 Å². The average molecular weight is 390 g/mol. The molecule has 3 rings (SSSR count). The molecule has 2 amide bonds. The van der Waals surface area contributed by atoms with Crippen molar-refractivity contribution in [2.24, 2.45) is 0 Å². The van der Waals surface area contributed by atoms with E-state index >= 15 is 0 Å². The summed E-state index contributed by atoms with van der Waals surface area (Å²) in [4.78, 5) is 16.6. The summed E-state index contributed by atoms with van der Waals surface area (Å²) in [6, 6.07) is 14.8. The Labute approximate surface area is 164 Å². The number of hydrogen-bond acceptors (Lipinski definition) is 4. The molecule has 144 valence electrons. The fourth-order valence-corrected chi connectivity index (χ4v) is 3.15. The molecule has 6 nitrogen and oxygen atoms in total. The Morgan fingerprint density at radius 3 is 2.41 bits per heavy atom. The second-order valence-corrected chi connectivity index (χ2v) is 6.65. The van der Waals surface area contributed by atoms with E-state index in [9.17, 15) is 4.79 Å². The van der Waals surface area contributed by atoms with E-state index in [1.54, 1.807) is 7.11 Å². The van der Waals surface area contributed by atoms with Gasteiger partial charge in [0.1, 0.15) is 18.1 Å². The van der Waals surface area contributed by atoms with Crippen LogP contribution in [0.15, 0.2) is 48.5 Å². The minimum atomic E-state index is -0.105. The number of carbonyl (C=O) groups is 1. The fourth-order valence-electron chi connectivity index (χ4n) is 2.96. The first-order valence-corrected chi connectivity index (χ1v) is 9.34. The molecular formula is C20H24ClN3O3. The molecule has 0 aromatic heterocycles. The lowest BCUT2D eigenvalue weighted by atomic mass is 10.3. The molecule has 7 heteroatoms. The molecule has 0 aliphatic carbocycles. The molecule has 0 radical (unpaired) electrons. The van der Waals surface area contributed by atoms with Crippen LogP contribution < -0.4 is 14.8 Å². The molecule has 1 aliphatic rings. The van der Waals surface area contributed by atoms with Gasteiger partial charge in [-0.1, -0.05) is 35.9 Å². The third-order valence-corrected chi connectivity index (χ3v) is 4.82. The standard InChI is InChI=1S/C20H24ClN3O3/c1-26-19-9-5-3-7-17(19)22-20(25)24-12-10-23(11-13-24)14-15-27-18-8-4-2-6-16(18)21/h2-9H,10-15H2,1H3,(H,22,25). The van der Waals surface area contributed by atoms with E-state index in [1.807, 2.05) is 53.4 Å². The monoisotopic (exact) mass is 389 g/mol. The summed E-state index contributed by atoms with van der Waals surface area (Å²) < 4.78 is 11.0. The molecule has 0 unspecified atom stereocenters. The first kappa shape index (κ1) is 19.3. The number of nitrogens with one attached hydrogen (secondary N) is 1. The molecule has 1 N–H and O–H groups in total. The Morgan fingerprint density at radius 2 is 1.70 bits per heavy atom. The maximum Gasteiger partial charge on any atom is 0.322 e. The molecule has 0 bridgehead atoms. The number of benzene rings is 2. The molecular weight excluding hydrogens is 366 g/mol. The Hall–Kier alpha value is -2.44. The number of rotatable bonds is 6. The van der Waals surface area contributed by atoms with Crippen molar-refractivity contribution >= 4 is 23.3 Å². The predicted molar refractivity (Wildman–Crippen MR) is 107 cm³/mol. The number of halogens is 1. The molecule has 0 atom stereocenters. The van der Waals surface area contributed by atoms with E-state index in [0.29, 0.717) is 41.9 Å². The van der Waals surface area contributed by atoms with Gasteiger partial charge in [0.15, 0.2) is 0 Å². The van der Waals surface area contributed by atoms with Gasteiger partial charge in [0.2, 0.25) is 0 Å². The highest BCUT2D eigenvalue weighted by molar-refractivity contribution is 6.32. The van der Waals surface area contributed by atoms with Crippen LogP contribution in [0.25, 0.3) is 0 Å². The smallest absolute Gasteiger partial charge is 0.322 e. The number of para-hydroxylation sites is 3. The van der Waals surface area contributed by atoms with Crippen molar-refractivity contribution in [2.45, 2.75) is 0 Å². The molecule has 0 spiro atoms. The average Bonchev–Trinajstić information content (AvgIpc) is 2.70. The van der Waals surface area contributed by atoms with E-state index < -0.39 is 0 Å². The highest BCUT2D eigenvalue weighted by Crippen LogP contribution is 2.24. The van der Waals surface area contributed by atoms with Gasteiger partial charge in [-0.2, -0.15) is 0 Å². The lowest BCUT2D eigenvalue weighted by molar-refractivity contribution is 0.132. The van der Waals surface area contributed by atoms with Crippen LogP contribution in [-0.2, 0) is 0 Å². The minimum absolute atomic E-state index is 0.105. The Kier molecular flexibility index (Phi) is 6.79. The second kappa shape index (κ2) is 9.48. The summed E-state index contributed by atoms with van der Waals surface area (Å²) in [7, 11) is 1.59. The lowest BCUT2D eigenvalue weighted by Crippen LogP contribution is -2.50. The van der Waals surface area contributed by atoms with Crippen LogP contribution in [0.2, 0.25) is 5.02 Å². The van der Waals surface area contributed by atoms with Crippen LogP contribution in [0.5, 0.6) is 11.5 Å². The molecule has 1 aliphatic heterocycles. The number of anilines is 1. The third-order valence-electron chi connectivity index (χ3n) is 4.51. The Bertz CT molecular complexity index is 764. The topological polar surface area (TPSA) is 54.0 Å². The maximum absolute atomic E-state index is 12.5. The number of nitrogens with zero attached hydrogens (tertiary/aromatic N) is 2. The summed E-state index contributed by atoms with van der Waals surface area (Å²) in [5, 5.41) is 3.54. The van der Waals surface area contributed by atoms with Crippen molar-refractivity contribution in [3.8, 4) is 11.5 Å². The zero-order valence-electron chi connectivity index (χ0n) is 15.4. The van der Waals surface area contributed by atoms with Gasteiger partial charge in [0.05, 0.1) is 17.8 Å². The van der Waals surface area contributed by atoms with Gasteiger partial charge in [-0.3, -0.25) is 4.90 Å². The third kappa shape index (κ3) is 5.28. The Balaban J connectivity index is 1.42. The predicted octanol–water partition coefficient (Wildman–Crippen LogP) is 3.58. The molecule has 0 saturated carbocycles. The first-order valence-electron chi connectivity index (χ1n) is 8.96. The molecule has 1 saturated heterocycles. The van der Waals surface area contributed by atoms with Gasteiger partial charge in [-0.25, -0.2) is 4.79 Å². The van der Waals surface area contributed by atoms with Crippen LogP contribution in [0, 0.1) is 0 Å². The Morgan fingerprint density at radius 1 is 1.04 bits per heavy atom. The first-order chi connectivity index (χ1) is 13.2. The van der Waals surface area contributed by atoms with Gasteiger partial charge in [-0.15, -0.1) is 0 Å². The van der Waals surface area contributed by atoms with Crippen LogP contribution >= 0.6 is 11.6 Å². The number of piperazine rings is 1. The van der Waals surface area contributed by atoms with E-state index in [2.05, 4.69) is 10.2 Å². The molecule has 27 heavy (non-hydrogen) atoms. The van der Waals surface area contributed by atoms with Crippen molar-refractivity contribution in [3.63, 3.8) is 0 Å². The lowest BCUT2D eigenvalue weighted by Gasteiger charge is -2.34. The number of hydrogen-bond donors (Lipinski definition) is 1. The fraction of sp³-hybridized carbons (Fsp3) is 0.350. The van der Waals surface area contributed by atoms with E-state index in [1.165, 1.54) is 0 Å². The number of carbonyl (C=O) groups excluding carboxylic acids is 1. The van der Waals surface area contributed by atoms with Crippen LogP contribution in [0.1, 0.15) is 0 Å². The van der Waals surface area contributed by atoms with Crippen molar-refractivity contribution in [1.82, 2.24) is 9.80 Å². The van der Waals surface area contributed by atoms with Crippen LogP contribution in [0.4, 0.5) is 10.5 Å². The maximum atomic E-state index is 12.5. The minimum Gasteiger partial charge on any atom is -0.495 e. The van der Waals surface area contributed by atoms with Crippen molar-refractivity contribution in [2.75, 3.05) is 51.8 Å². The van der Waals surface area contributed by atoms with Gasteiger partial charge < -0.3 is 19.7 Å².